The lowest BCUT2D eigenvalue weighted by Gasteiger charge is -2.26. The van der Waals surface area contributed by atoms with Crippen LogP contribution in [0.3, 0.4) is 0 Å². The third-order valence-electron chi connectivity index (χ3n) is 3.59. The molecule has 0 N–H and O–H groups in total. The summed E-state index contributed by atoms with van der Waals surface area (Å²) in [6.45, 7) is 15.5. The van der Waals surface area contributed by atoms with E-state index in [1.807, 2.05) is 0 Å². The summed E-state index contributed by atoms with van der Waals surface area (Å²) >= 11 is 0. The van der Waals surface area contributed by atoms with Crippen LogP contribution in [0, 0.1) is 23.7 Å². The van der Waals surface area contributed by atoms with Gasteiger partial charge in [-0.2, -0.15) is 0 Å². The first-order valence-corrected chi connectivity index (χ1v) is 5.65. The van der Waals surface area contributed by atoms with Crippen molar-refractivity contribution >= 4 is 0 Å². The fraction of sp³-hybridized carbons (Fsp3) is 0.846. The second kappa shape index (κ2) is 6.23. The van der Waals surface area contributed by atoms with E-state index in [1.54, 1.807) is 0 Å². The molecule has 0 radical (unpaired) electrons. The van der Waals surface area contributed by atoms with Gasteiger partial charge in [0.1, 0.15) is 0 Å². The molecule has 0 saturated heterocycles. The van der Waals surface area contributed by atoms with Crippen LogP contribution in [-0.4, -0.2) is 0 Å². The van der Waals surface area contributed by atoms with Gasteiger partial charge >= 0.3 is 0 Å². The summed E-state index contributed by atoms with van der Waals surface area (Å²) in [7, 11) is 0. The molecule has 0 aliphatic heterocycles. The van der Waals surface area contributed by atoms with Crippen LogP contribution in [0.4, 0.5) is 0 Å². The van der Waals surface area contributed by atoms with E-state index in [4.69, 9.17) is 0 Å². The topological polar surface area (TPSA) is 0 Å². The molecule has 0 aromatic rings. The van der Waals surface area contributed by atoms with Gasteiger partial charge in [-0.05, 0) is 30.1 Å². The lowest BCUT2D eigenvalue weighted by molar-refractivity contribution is 0.246. The standard InChI is InChI=1S/C13H26/c1-7-10(3)9-12(5)13(6)11(4)8-2/h7,10-13H,1,8-9H2,2-6H3. The Morgan fingerprint density at radius 2 is 1.62 bits per heavy atom. The van der Waals surface area contributed by atoms with Gasteiger partial charge in [0.2, 0.25) is 0 Å². The quantitative estimate of drug-likeness (QED) is 0.530. The summed E-state index contributed by atoms with van der Waals surface area (Å²) in [4.78, 5) is 0. The molecular weight excluding hydrogens is 156 g/mol. The molecular formula is C13H26. The van der Waals surface area contributed by atoms with Gasteiger partial charge in [-0.15, -0.1) is 6.58 Å². The van der Waals surface area contributed by atoms with Crippen molar-refractivity contribution in [1.82, 2.24) is 0 Å². The number of rotatable bonds is 6. The molecule has 0 nitrogen and oxygen atoms in total. The van der Waals surface area contributed by atoms with Gasteiger partial charge in [-0.3, -0.25) is 0 Å². The predicted octanol–water partition coefficient (Wildman–Crippen LogP) is 4.52. The largest absolute Gasteiger partial charge is 0.103 e. The Morgan fingerprint density at radius 1 is 1.08 bits per heavy atom. The molecule has 0 aliphatic rings. The Kier molecular flexibility index (Phi) is 6.11. The first-order chi connectivity index (χ1) is 6.02. The monoisotopic (exact) mass is 182 g/mol. The van der Waals surface area contributed by atoms with Crippen LogP contribution in [0.25, 0.3) is 0 Å². The Balaban J connectivity index is 3.94. The van der Waals surface area contributed by atoms with Crippen molar-refractivity contribution in [1.29, 1.82) is 0 Å². The lowest BCUT2D eigenvalue weighted by Crippen LogP contribution is -2.17. The molecule has 0 aromatic heterocycles. The molecule has 0 rings (SSSR count). The van der Waals surface area contributed by atoms with E-state index in [1.165, 1.54) is 12.8 Å². The Labute approximate surface area is 84.4 Å². The molecule has 78 valence electrons. The summed E-state index contributed by atoms with van der Waals surface area (Å²) in [6.07, 6.45) is 4.66. The average molecular weight is 182 g/mol. The summed E-state index contributed by atoms with van der Waals surface area (Å²) < 4.78 is 0. The maximum absolute atomic E-state index is 3.84. The van der Waals surface area contributed by atoms with E-state index in [0.29, 0.717) is 5.92 Å². The zero-order valence-electron chi connectivity index (χ0n) is 10.0. The van der Waals surface area contributed by atoms with E-state index >= 15 is 0 Å². The number of hydrogen-bond donors (Lipinski definition) is 0. The van der Waals surface area contributed by atoms with E-state index < -0.39 is 0 Å². The van der Waals surface area contributed by atoms with Crippen molar-refractivity contribution < 1.29 is 0 Å². The molecule has 0 amide bonds. The third-order valence-corrected chi connectivity index (χ3v) is 3.59. The SMILES string of the molecule is C=CC(C)CC(C)C(C)C(C)CC. The van der Waals surface area contributed by atoms with Gasteiger partial charge in [-0.1, -0.05) is 47.1 Å². The highest BCUT2D eigenvalue weighted by atomic mass is 14.2. The minimum atomic E-state index is 0.668. The fourth-order valence-electron chi connectivity index (χ4n) is 1.83. The normalized spacial score (nSPS) is 20.4. The fourth-order valence-corrected chi connectivity index (χ4v) is 1.83. The minimum absolute atomic E-state index is 0.668. The predicted molar refractivity (Wildman–Crippen MR) is 61.8 cm³/mol. The highest BCUT2D eigenvalue weighted by Crippen LogP contribution is 2.27. The molecule has 13 heavy (non-hydrogen) atoms. The maximum atomic E-state index is 3.84. The zero-order valence-corrected chi connectivity index (χ0v) is 10.0. The second-order valence-electron chi connectivity index (χ2n) is 4.67. The molecule has 0 aromatic carbocycles. The molecule has 4 atom stereocenters. The first kappa shape index (κ1) is 12.7. The number of hydrogen-bond acceptors (Lipinski definition) is 0. The van der Waals surface area contributed by atoms with Crippen LogP contribution in [0.1, 0.15) is 47.5 Å². The lowest BCUT2D eigenvalue weighted by atomic mass is 9.79. The van der Waals surface area contributed by atoms with Gasteiger partial charge in [-0.25, -0.2) is 0 Å². The highest BCUT2D eigenvalue weighted by Gasteiger charge is 2.18. The van der Waals surface area contributed by atoms with Crippen molar-refractivity contribution in [2.45, 2.75) is 47.5 Å². The van der Waals surface area contributed by atoms with Gasteiger partial charge in [0.15, 0.2) is 0 Å². The van der Waals surface area contributed by atoms with Gasteiger partial charge in [0, 0.05) is 0 Å². The number of allylic oxidation sites excluding steroid dienone is 1. The van der Waals surface area contributed by atoms with Gasteiger partial charge < -0.3 is 0 Å². The van der Waals surface area contributed by atoms with Crippen LogP contribution in [0.2, 0.25) is 0 Å². The van der Waals surface area contributed by atoms with Crippen molar-refractivity contribution in [2.75, 3.05) is 0 Å². The molecule has 4 unspecified atom stereocenters. The summed E-state index contributed by atoms with van der Waals surface area (Å²) in [6, 6.07) is 0. The van der Waals surface area contributed by atoms with Crippen LogP contribution in [0.15, 0.2) is 12.7 Å². The van der Waals surface area contributed by atoms with Crippen LogP contribution < -0.4 is 0 Å². The van der Waals surface area contributed by atoms with Gasteiger partial charge in [0.05, 0.1) is 0 Å². The molecule has 0 spiro atoms. The molecule has 0 aliphatic carbocycles. The van der Waals surface area contributed by atoms with Crippen molar-refractivity contribution in [2.24, 2.45) is 23.7 Å². The third kappa shape index (κ3) is 4.50. The molecule has 0 heteroatoms. The van der Waals surface area contributed by atoms with E-state index in [0.717, 1.165) is 17.8 Å². The second-order valence-corrected chi connectivity index (χ2v) is 4.67. The first-order valence-electron chi connectivity index (χ1n) is 5.65. The van der Waals surface area contributed by atoms with Gasteiger partial charge in [0.25, 0.3) is 0 Å². The summed E-state index contributed by atoms with van der Waals surface area (Å²) in [5.74, 6) is 3.18. The zero-order chi connectivity index (χ0) is 10.4. The van der Waals surface area contributed by atoms with E-state index in [9.17, 15) is 0 Å². The maximum Gasteiger partial charge on any atom is -0.0262 e. The van der Waals surface area contributed by atoms with E-state index in [-0.39, 0.29) is 0 Å². The summed E-state index contributed by atoms with van der Waals surface area (Å²) in [5, 5.41) is 0. The van der Waals surface area contributed by atoms with E-state index in [2.05, 4.69) is 47.3 Å². The van der Waals surface area contributed by atoms with Crippen molar-refractivity contribution in [3.8, 4) is 0 Å². The van der Waals surface area contributed by atoms with Crippen molar-refractivity contribution in [3.05, 3.63) is 12.7 Å². The van der Waals surface area contributed by atoms with Crippen LogP contribution in [-0.2, 0) is 0 Å². The smallest absolute Gasteiger partial charge is 0.0262 e. The molecule has 0 bridgehead atoms. The molecule has 0 heterocycles. The van der Waals surface area contributed by atoms with Crippen LogP contribution in [0.5, 0.6) is 0 Å². The molecule has 0 saturated carbocycles. The minimum Gasteiger partial charge on any atom is -0.103 e. The summed E-state index contributed by atoms with van der Waals surface area (Å²) in [5.41, 5.74) is 0. The Hall–Kier alpha value is -0.260. The van der Waals surface area contributed by atoms with Crippen molar-refractivity contribution in [3.63, 3.8) is 0 Å². The Morgan fingerprint density at radius 3 is 2.00 bits per heavy atom. The average Bonchev–Trinajstić information content (AvgIpc) is 2.14. The van der Waals surface area contributed by atoms with Crippen LogP contribution >= 0.6 is 0 Å². The molecule has 0 fully saturated rings. The Bertz CT molecular complexity index is 137. The highest BCUT2D eigenvalue weighted by molar-refractivity contribution is 4.78.